The van der Waals surface area contributed by atoms with Gasteiger partial charge in [-0.15, -0.1) is 0 Å². The Kier molecular flexibility index (Phi) is 5.68. The Hall–Kier alpha value is -1.39. The third-order valence-corrected chi connectivity index (χ3v) is 5.24. The monoisotopic (exact) mass is 315 g/mol. The van der Waals surface area contributed by atoms with Crippen molar-refractivity contribution < 1.29 is 4.79 Å². The van der Waals surface area contributed by atoms with E-state index >= 15 is 0 Å². The van der Waals surface area contributed by atoms with E-state index in [1.165, 1.54) is 18.4 Å². The van der Waals surface area contributed by atoms with Gasteiger partial charge in [-0.3, -0.25) is 4.79 Å². The van der Waals surface area contributed by atoms with Crippen molar-refractivity contribution in [2.45, 2.75) is 50.6 Å². The molecule has 1 aromatic rings. The molecule has 1 aliphatic carbocycles. The van der Waals surface area contributed by atoms with E-state index in [-0.39, 0.29) is 23.9 Å². The lowest BCUT2D eigenvalue weighted by atomic mass is 9.85. The molecule has 0 radical (unpaired) electrons. The second-order valence-corrected chi connectivity index (χ2v) is 7.10. The first-order valence-electron chi connectivity index (χ1n) is 9.05. The van der Waals surface area contributed by atoms with Crippen LogP contribution in [0, 0.1) is 5.92 Å². The van der Waals surface area contributed by atoms with Crippen molar-refractivity contribution in [3.05, 3.63) is 35.9 Å². The molecule has 23 heavy (non-hydrogen) atoms. The molecule has 0 aromatic heterocycles. The highest BCUT2D eigenvalue weighted by molar-refractivity contribution is 5.79. The first kappa shape index (κ1) is 16.5. The lowest BCUT2D eigenvalue weighted by molar-refractivity contribution is -0.127. The fraction of sp³-hybridized carbons (Fsp3) is 0.632. The average molecular weight is 315 g/mol. The number of hydrogen-bond acceptors (Lipinski definition) is 3. The SMILES string of the molecule is NC1CCCC(C(=O)NC(CN2CCCC2)c2ccccc2)C1. The van der Waals surface area contributed by atoms with Crippen LogP contribution in [0.1, 0.15) is 50.1 Å². The highest BCUT2D eigenvalue weighted by Crippen LogP contribution is 2.25. The Morgan fingerprint density at radius 1 is 1.17 bits per heavy atom. The molecule has 1 amide bonds. The molecule has 1 saturated heterocycles. The highest BCUT2D eigenvalue weighted by atomic mass is 16.1. The molecule has 0 bridgehead atoms. The molecule has 4 heteroatoms. The molecule has 3 rings (SSSR count). The summed E-state index contributed by atoms with van der Waals surface area (Å²) in [6, 6.07) is 10.6. The minimum absolute atomic E-state index is 0.0833. The molecular formula is C19H29N3O. The maximum absolute atomic E-state index is 12.7. The van der Waals surface area contributed by atoms with Crippen LogP contribution in [-0.4, -0.2) is 36.5 Å². The summed E-state index contributed by atoms with van der Waals surface area (Å²) < 4.78 is 0. The van der Waals surface area contributed by atoms with Crippen molar-refractivity contribution in [2.75, 3.05) is 19.6 Å². The number of carbonyl (C=O) groups excluding carboxylic acids is 1. The van der Waals surface area contributed by atoms with Gasteiger partial charge in [0.05, 0.1) is 6.04 Å². The predicted octanol–water partition coefficient (Wildman–Crippen LogP) is 2.46. The molecular weight excluding hydrogens is 286 g/mol. The number of nitrogens with two attached hydrogens (primary N) is 1. The number of carbonyl (C=O) groups is 1. The number of hydrogen-bond donors (Lipinski definition) is 2. The first-order chi connectivity index (χ1) is 11.2. The Morgan fingerprint density at radius 2 is 1.91 bits per heavy atom. The molecule has 3 unspecified atom stereocenters. The number of benzene rings is 1. The molecule has 3 atom stereocenters. The van der Waals surface area contributed by atoms with Crippen LogP contribution in [-0.2, 0) is 4.79 Å². The summed E-state index contributed by atoms with van der Waals surface area (Å²) in [5.74, 6) is 0.275. The molecule has 2 fully saturated rings. The first-order valence-corrected chi connectivity index (χ1v) is 9.05. The van der Waals surface area contributed by atoms with E-state index in [0.29, 0.717) is 0 Å². The van der Waals surface area contributed by atoms with E-state index < -0.39 is 0 Å². The summed E-state index contributed by atoms with van der Waals surface area (Å²) in [6.07, 6.45) is 6.47. The van der Waals surface area contributed by atoms with Crippen LogP contribution in [0.25, 0.3) is 0 Å². The van der Waals surface area contributed by atoms with E-state index in [9.17, 15) is 4.79 Å². The summed E-state index contributed by atoms with van der Waals surface area (Å²) in [4.78, 5) is 15.2. The fourth-order valence-electron chi connectivity index (χ4n) is 3.90. The van der Waals surface area contributed by atoms with Gasteiger partial charge in [0.1, 0.15) is 0 Å². The molecule has 3 N–H and O–H groups in total. The van der Waals surface area contributed by atoms with Gasteiger partial charge in [0.2, 0.25) is 5.91 Å². The van der Waals surface area contributed by atoms with Crippen LogP contribution in [0.5, 0.6) is 0 Å². The van der Waals surface area contributed by atoms with Crippen molar-refractivity contribution in [1.82, 2.24) is 10.2 Å². The van der Waals surface area contributed by atoms with Crippen LogP contribution >= 0.6 is 0 Å². The average Bonchev–Trinajstić information content (AvgIpc) is 3.08. The van der Waals surface area contributed by atoms with Gasteiger partial charge >= 0.3 is 0 Å². The summed E-state index contributed by atoms with van der Waals surface area (Å²) >= 11 is 0. The summed E-state index contributed by atoms with van der Waals surface area (Å²) in [5, 5.41) is 3.31. The minimum atomic E-state index is 0.0833. The second kappa shape index (κ2) is 7.93. The maximum atomic E-state index is 12.7. The minimum Gasteiger partial charge on any atom is -0.348 e. The topological polar surface area (TPSA) is 58.4 Å². The van der Waals surface area contributed by atoms with E-state index in [0.717, 1.165) is 45.3 Å². The van der Waals surface area contributed by atoms with E-state index in [1.807, 2.05) is 6.07 Å². The number of nitrogens with one attached hydrogen (secondary N) is 1. The van der Waals surface area contributed by atoms with Crippen LogP contribution in [0.15, 0.2) is 30.3 Å². The number of rotatable bonds is 5. The normalized spacial score (nSPS) is 26.8. The zero-order valence-corrected chi connectivity index (χ0v) is 13.9. The van der Waals surface area contributed by atoms with Crippen LogP contribution in [0.4, 0.5) is 0 Å². The van der Waals surface area contributed by atoms with Crippen LogP contribution in [0.3, 0.4) is 0 Å². The zero-order chi connectivity index (χ0) is 16.1. The maximum Gasteiger partial charge on any atom is 0.223 e. The largest absolute Gasteiger partial charge is 0.348 e. The Bertz CT molecular complexity index is 499. The van der Waals surface area contributed by atoms with Gasteiger partial charge in [0.25, 0.3) is 0 Å². The molecule has 1 heterocycles. The van der Waals surface area contributed by atoms with Crippen molar-refractivity contribution in [1.29, 1.82) is 0 Å². The van der Waals surface area contributed by atoms with Crippen LogP contribution in [0.2, 0.25) is 0 Å². The van der Waals surface area contributed by atoms with Gasteiger partial charge < -0.3 is 16.0 Å². The van der Waals surface area contributed by atoms with Gasteiger partial charge in [-0.25, -0.2) is 0 Å². The summed E-state index contributed by atoms with van der Waals surface area (Å²) in [6.45, 7) is 3.20. The van der Waals surface area contributed by atoms with Gasteiger partial charge in [-0.2, -0.15) is 0 Å². The lowest BCUT2D eigenvalue weighted by Crippen LogP contribution is -2.42. The Morgan fingerprint density at radius 3 is 2.61 bits per heavy atom. The molecule has 2 aliphatic rings. The molecule has 4 nitrogen and oxygen atoms in total. The van der Waals surface area contributed by atoms with Crippen molar-refractivity contribution in [3.8, 4) is 0 Å². The standard InChI is InChI=1S/C19H29N3O/c20-17-10-6-9-16(13-17)19(23)21-18(14-22-11-4-5-12-22)15-7-2-1-3-8-15/h1-3,7-8,16-18H,4-6,9-14,20H2,(H,21,23). The smallest absolute Gasteiger partial charge is 0.223 e. The van der Waals surface area contributed by atoms with Crippen molar-refractivity contribution in [2.24, 2.45) is 11.7 Å². The molecule has 1 aromatic carbocycles. The molecule has 1 saturated carbocycles. The third kappa shape index (κ3) is 4.55. The molecule has 0 spiro atoms. The fourth-order valence-corrected chi connectivity index (χ4v) is 3.90. The van der Waals surface area contributed by atoms with E-state index in [1.54, 1.807) is 0 Å². The van der Waals surface area contributed by atoms with Gasteiger partial charge in [0, 0.05) is 18.5 Å². The second-order valence-electron chi connectivity index (χ2n) is 7.10. The third-order valence-electron chi connectivity index (χ3n) is 5.24. The van der Waals surface area contributed by atoms with E-state index in [4.69, 9.17) is 5.73 Å². The van der Waals surface area contributed by atoms with Gasteiger partial charge in [-0.05, 0) is 50.8 Å². The predicted molar refractivity (Wildman–Crippen MR) is 92.9 cm³/mol. The number of nitrogens with zero attached hydrogens (tertiary/aromatic N) is 1. The quantitative estimate of drug-likeness (QED) is 0.877. The number of amides is 1. The molecule has 126 valence electrons. The Labute approximate surface area is 139 Å². The van der Waals surface area contributed by atoms with Gasteiger partial charge in [0.15, 0.2) is 0 Å². The lowest BCUT2D eigenvalue weighted by Gasteiger charge is -2.30. The number of likely N-dealkylation sites (tertiary alicyclic amines) is 1. The van der Waals surface area contributed by atoms with Crippen molar-refractivity contribution >= 4 is 5.91 Å². The summed E-state index contributed by atoms with van der Waals surface area (Å²) in [7, 11) is 0. The van der Waals surface area contributed by atoms with Gasteiger partial charge in [-0.1, -0.05) is 36.8 Å². The molecule has 1 aliphatic heterocycles. The highest BCUT2D eigenvalue weighted by Gasteiger charge is 2.28. The van der Waals surface area contributed by atoms with Crippen LogP contribution < -0.4 is 11.1 Å². The van der Waals surface area contributed by atoms with E-state index in [2.05, 4.69) is 34.5 Å². The zero-order valence-electron chi connectivity index (χ0n) is 13.9. The van der Waals surface area contributed by atoms with Crippen molar-refractivity contribution in [3.63, 3.8) is 0 Å². The summed E-state index contributed by atoms with van der Waals surface area (Å²) in [5.41, 5.74) is 7.25. The Balaban J connectivity index is 1.66.